The molecule has 1 fully saturated rings. The van der Waals surface area contributed by atoms with Crippen molar-refractivity contribution in [1.82, 2.24) is 5.32 Å². The van der Waals surface area contributed by atoms with Crippen molar-refractivity contribution in [3.05, 3.63) is 54.1 Å². The minimum absolute atomic E-state index is 0.0445. The first-order valence-electron chi connectivity index (χ1n) is 10.2. The molecule has 1 saturated heterocycles. The summed E-state index contributed by atoms with van der Waals surface area (Å²) >= 11 is 0. The molecule has 1 N–H and O–H groups in total. The molecule has 2 unspecified atom stereocenters. The molecule has 0 spiro atoms. The fourth-order valence-electron chi connectivity index (χ4n) is 3.92. The van der Waals surface area contributed by atoms with Gasteiger partial charge < -0.3 is 19.7 Å². The van der Waals surface area contributed by atoms with E-state index in [0.717, 1.165) is 12.1 Å². The lowest BCUT2D eigenvalue weighted by molar-refractivity contribution is -0.126. The molecular formula is C23H26N2O4. The highest BCUT2D eigenvalue weighted by Crippen LogP contribution is 2.36. The molecule has 2 atom stereocenters. The van der Waals surface area contributed by atoms with E-state index in [1.807, 2.05) is 36.4 Å². The molecule has 6 heteroatoms. The van der Waals surface area contributed by atoms with E-state index in [-0.39, 0.29) is 30.1 Å². The fraction of sp³-hybridized carbons (Fsp3) is 0.391. The number of rotatable bonds is 6. The highest BCUT2D eigenvalue weighted by molar-refractivity contribution is 6.00. The number of amides is 2. The molecule has 152 valence electrons. The van der Waals surface area contributed by atoms with E-state index in [1.165, 1.54) is 5.56 Å². The number of nitrogens with zero attached hydrogens (tertiary/aromatic N) is 1. The van der Waals surface area contributed by atoms with Crippen LogP contribution in [0.2, 0.25) is 0 Å². The third-order valence-corrected chi connectivity index (χ3v) is 5.62. The fourth-order valence-corrected chi connectivity index (χ4v) is 3.92. The molecule has 0 aromatic heterocycles. The van der Waals surface area contributed by atoms with E-state index < -0.39 is 0 Å². The Morgan fingerprint density at radius 3 is 2.66 bits per heavy atom. The second kappa shape index (κ2) is 8.55. The van der Waals surface area contributed by atoms with E-state index in [0.29, 0.717) is 37.8 Å². The minimum atomic E-state index is -0.344. The molecule has 2 aromatic rings. The molecule has 2 aliphatic rings. The SMILES string of the molecule is CCC(CNC(=O)C1CC(=O)N(c2ccc3c(c2)OCCO3)C1)c1ccccc1. The van der Waals surface area contributed by atoms with Crippen LogP contribution in [0.25, 0.3) is 0 Å². The molecule has 2 heterocycles. The summed E-state index contributed by atoms with van der Waals surface area (Å²) in [5, 5.41) is 3.05. The van der Waals surface area contributed by atoms with E-state index in [9.17, 15) is 9.59 Å². The standard InChI is InChI=1S/C23H26N2O4/c1-2-16(17-6-4-3-5-7-17)14-24-23(27)18-12-22(26)25(15-18)19-8-9-20-21(13-19)29-11-10-28-20/h3-9,13,16,18H,2,10-12,14-15H2,1H3,(H,24,27). The summed E-state index contributed by atoms with van der Waals surface area (Å²) in [5.41, 5.74) is 1.96. The second-order valence-corrected chi connectivity index (χ2v) is 7.49. The first kappa shape index (κ1) is 19.3. The molecule has 6 nitrogen and oxygen atoms in total. The molecule has 0 radical (unpaired) electrons. The van der Waals surface area contributed by atoms with Crippen molar-refractivity contribution in [1.29, 1.82) is 0 Å². The normalized spacial score (nSPS) is 19.1. The third-order valence-electron chi connectivity index (χ3n) is 5.62. The summed E-state index contributed by atoms with van der Waals surface area (Å²) < 4.78 is 11.1. The van der Waals surface area contributed by atoms with Gasteiger partial charge in [0.15, 0.2) is 11.5 Å². The number of ether oxygens (including phenoxy) is 2. The van der Waals surface area contributed by atoms with Gasteiger partial charge in [-0.25, -0.2) is 0 Å². The molecule has 2 aliphatic heterocycles. The highest BCUT2D eigenvalue weighted by atomic mass is 16.6. The third kappa shape index (κ3) is 4.21. The van der Waals surface area contributed by atoms with Crippen molar-refractivity contribution in [2.24, 2.45) is 5.92 Å². The Balaban J connectivity index is 1.38. The number of hydrogen-bond donors (Lipinski definition) is 1. The second-order valence-electron chi connectivity index (χ2n) is 7.49. The van der Waals surface area contributed by atoms with Crippen molar-refractivity contribution in [3.8, 4) is 11.5 Å². The van der Waals surface area contributed by atoms with Crippen LogP contribution in [0, 0.1) is 5.92 Å². The number of anilines is 1. The number of carbonyl (C=O) groups excluding carboxylic acids is 2. The Bertz CT molecular complexity index is 884. The monoisotopic (exact) mass is 394 g/mol. The van der Waals surface area contributed by atoms with Gasteiger partial charge in [0.1, 0.15) is 13.2 Å². The lowest BCUT2D eigenvalue weighted by Gasteiger charge is -2.22. The molecule has 0 aliphatic carbocycles. The largest absolute Gasteiger partial charge is 0.486 e. The molecule has 4 rings (SSSR count). The number of nitrogens with one attached hydrogen (secondary N) is 1. The zero-order valence-electron chi connectivity index (χ0n) is 16.6. The van der Waals surface area contributed by atoms with Gasteiger partial charge >= 0.3 is 0 Å². The summed E-state index contributed by atoms with van der Waals surface area (Å²) in [6.45, 7) is 4.10. The quantitative estimate of drug-likeness (QED) is 0.817. The van der Waals surface area contributed by atoms with Gasteiger partial charge in [0, 0.05) is 37.2 Å². The van der Waals surface area contributed by atoms with Crippen molar-refractivity contribution in [2.75, 3.05) is 31.2 Å². The van der Waals surface area contributed by atoms with Crippen LogP contribution in [0.1, 0.15) is 31.2 Å². The van der Waals surface area contributed by atoms with Crippen molar-refractivity contribution < 1.29 is 19.1 Å². The van der Waals surface area contributed by atoms with Gasteiger partial charge in [-0.05, 0) is 24.1 Å². The minimum Gasteiger partial charge on any atom is -0.486 e. The Kier molecular flexibility index (Phi) is 5.69. The van der Waals surface area contributed by atoms with E-state index in [2.05, 4.69) is 24.4 Å². The number of fused-ring (bicyclic) bond motifs is 1. The van der Waals surface area contributed by atoms with Gasteiger partial charge in [-0.15, -0.1) is 0 Å². The van der Waals surface area contributed by atoms with Crippen LogP contribution in [0.4, 0.5) is 5.69 Å². The van der Waals surface area contributed by atoms with Crippen LogP contribution in [0.5, 0.6) is 11.5 Å². The maximum Gasteiger partial charge on any atom is 0.227 e. The summed E-state index contributed by atoms with van der Waals surface area (Å²) in [6.07, 6.45) is 1.17. The maximum atomic E-state index is 12.7. The lowest BCUT2D eigenvalue weighted by atomic mass is 9.96. The maximum absolute atomic E-state index is 12.7. The Morgan fingerprint density at radius 2 is 1.90 bits per heavy atom. The van der Waals surface area contributed by atoms with E-state index >= 15 is 0 Å². The summed E-state index contributed by atoms with van der Waals surface area (Å²) in [6, 6.07) is 15.7. The van der Waals surface area contributed by atoms with E-state index in [4.69, 9.17) is 9.47 Å². The smallest absolute Gasteiger partial charge is 0.227 e. The lowest BCUT2D eigenvalue weighted by Crippen LogP contribution is -2.35. The average molecular weight is 394 g/mol. The molecule has 0 saturated carbocycles. The van der Waals surface area contributed by atoms with Crippen LogP contribution in [-0.2, 0) is 9.59 Å². The molecular weight excluding hydrogens is 368 g/mol. The topological polar surface area (TPSA) is 67.9 Å². The molecule has 2 aromatic carbocycles. The summed E-state index contributed by atoms with van der Waals surface area (Å²) in [5.74, 6) is 1.15. The van der Waals surface area contributed by atoms with Crippen molar-refractivity contribution in [3.63, 3.8) is 0 Å². The summed E-state index contributed by atoms with van der Waals surface area (Å²) in [4.78, 5) is 26.9. The van der Waals surface area contributed by atoms with Gasteiger partial charge in [-0.3, -0.25) is 9.59 Å². The first-order valence-corrected chi connectivity index (χ1v) is 10.2. The van der Waals surface area contributed by atoms with Gasteiger partial charge in [0.2, 0.25) is 11.8 Å². The van der Waals surface area contributed by atoms with Gasteiger partial charge in [-0.2, -0.15) is 0 Å². The zero-order chi connectivity index (χ0) is 20.2. The van der Waals surface area contributed by atoms with Crippen LogP contribution < -0.4 is 19.7 Å². The number of hydrogen-bond acceptors (Lipinski definition) is 4. The van der Waals surface area contributed by atoms with Crippen LogP contribution in [0.3, 0.4) is 0 Å². The Labute approximate surface area is 170 Å². The van der Waals surface area contributed by atoms with Gasteiger partial charge in [0.25, 0.3) is 0 Å². The van der Waals surface area contributed by atoms with Crippen molar-refractivity contribution in [2.45, 2.75) is 25.7 Å². The van der Waals surface area contributed by atoms with Gasteiger partial charge in [0.05, 0.1) is 5.92 Å². The van der Waals surface area contributed by atoms with E-state index in [1.54, 1.807) is 4.90 Å². The van der Waals surface area contributed by atoms with Crippen LogP contribution in [0.15, 0.2) is 48.5 Å². The molecule has 0 bridgehead atoms. The van der Waals surface area contributed by atoms with Crippen molar-refractivity contribution >= 4 is 17.5 Å². The number of carbonyl (C=O) groups is 2. The van der Waals surface area contributed by atoms with Gasteiger partial charge in [-0.1, -0.05) is 37.3 Å². The highest BCUT2D eigenvalue weighted by Gasteiger charge is 2.35. The summed E-state index contributed by atoms with van der Waals surface area (Å²) in [7, 11) is 0. The molecule has 2 amide bonds. The predicted molar refractivity (Wildman–Crippen MR) is 110 cm³/mol. The average Bonchev–Trinajstić information content (AvgIpc) is 3.16. The molecule has 29 heavy (non-hydrogen) atoms. The Hall–Kier alpha value is -3.02. The number of benzene rings is 2. The zero-order valence-corrected chi connectivity index (χ0v) is 16.6. The first-order chi connectivity index (χ1) is 14.2. The Morgan fingerprint density at radius 1 is 1.14 bits per heavy atom. The van der Waals surface area contributed by atoms with Crippen LogP contribution >= 0.6 is 0 Å². The predicted octanol–water partition coefficient (Wildman–Crippen LogP) is 3.12. The van der Waals surface area contributed by atoms with Crippen LogP contribution in [-0.4, -0.2) is 38.1 Å².